The summed E-state index contributed by atoms with van der Waals surface area (Å²) in [4.78, 5) is 46.9. The summed E-state index contributed by atoms with van der Waals surface area (Å²) in [6.45, 7) is 8.45. The number of aliphatic carboxylic acids is 4. The predicted molar refractivity (Wildman–Crippen MR) is 123 cm³/mol. The average molecular weight is 477 g/mol. The Bertz CT molecular complexity index is 902. The lowest BCUT2D eigenvalue weighted by Gasteiger charge is -2.53. The van der Waals surface area contributed by atoms with Gasteiger partial charge in [-0.15, -0.1) is 0 Å². The summed E-state index contributed by atoms with van der Waals surface area (Å²) in [7, 11) is 0. The van der Waals surface area contributed by atoms with E-state index in [-0.39, 0.29) is 53.4 Å². The first-order valence-corrected chi connectivity index (χ1v) is 12.2. The zero-order valence-electron chi connectivity index (χ0n) is 20.2. The van der Waals surface area contributed by atoms with Crippen molar-refractivity contribution in [3.8, 4) is 0 Å². The molecule has 188 valence electrons. The maximum atomic E-state index is 11.8. The Balaban J connectivity index is 1.91. The smallest absolute Gasteiger partial charge is 0.331 e. The van der Waals surface area contributed by atoms with Crippen LogP contribution in [0.15, 0.2) is 23.3 Å². The number of carboxylic acids is 4. The van der Waals surface area contributed by atoms with E-state index in [1.54, 1.807) is 6.08 Å². The first-order valence-electron chi connectivity index (χ1n) is 12.2. The predicted octanol–water partition coefficient (Wildman–Crippen LogP) is 4.02. The number of allylic oxidation sites excluding steroid dienone is 1. The van der Waals surface area contributed by atoms with Crippen molar-refractivity contribution in [1.82, 2.24) is 0 Å². The van der Waals surface area contributed by atoms with Crippen LogP contribution in [0.4, 0.5) is 0 Å². The van der Waals surface area contributed by atoms with Crippen LogP contribution in [0.25, 0.3) is 0 Å². The van der Waals surface area contributed by atoms with Gasteiger partial charge in [-0.05, 0) is 67.1 Å². The molecule has 0 aliphatic heterocycles. The van der Waals surface area contributed by atoms with Crippen LogP contribution in [-0.4, -0.2) is 44.3 Å². The van der Waals surface area contributed by atoms with Gasteiger partial charge in [-0.3, -0.25) is 14.4 Å². The molecule has 3 aliphatic carbocycles. The molecule has 1 fully saturated rings. The fourth-order valence-electron chi connectivity index (χ4n) is 7.22. The van der Waals surface area contributed by atoms with Crippen LogP contribution >= 0.6 is 0 Å². The maximum absolute atomic E-state index is 11.8. The largest absolute Gasteiger partial charge is 0.481 e. The molecule has 0 aromatic rings. The topological polar surface area (TPSA) is 149 Å². The van der Waals surface area contributed by atoms with Gasteiger partial charge >= 0.3 is 23.9 Å². The van der Waals surface area contributed by atoms with Crippen molar-refractivity contribution in [3.63, 3.8) is 0 Å². The summed E-state index contributed by atoms with van der Waals surface area (Å²) < 4.78 is 0. The Hall–Kier alpha value is -2.64. The maximum Gasteiger partial charge on any atom is 0.331 e. The molecule has 3 rings (SSSR count). The molecule has 4 N–H and O–H groups in total. The zero-order valence-corrected chi connectivity index (χ0v) is 20.2. The molecule has 0 bridgehead atoms. The molecule has 0 aromatic carbocycles. The second-order valence-corrected chi connectivity index (χ2v) is 10.8. The highest BCUT2D eigenvalue weighted by Crippen LogP contribution is 2.55. The monoisotopic (exact) mass is 476 g/mol. The Morgan fingerprint density at radius 2 is 1.24 bits per heavy atom. The minimum absolute atomic E-state index is 0.0265. The summed E-state index contributed by atoms with van der Waals surface area (Å²) in [5, 5.41) is 38.4. The van der Waals surface area contributed by atoms with E-state index in [0.29, 0.717) is 19.3 Å². The SMILES string of the molecule is CC1C(C)C(C2CC(C(=O)O)=CC(C(=O)O)C2)C(C)C(C)C1C1=CC(C(=O)O)CC(C(=O)O)C1. The fraction of sp³-hybridized carbons (Fsp3) is 0.692. The summed E-state index contributed by atoms with van der Waals surface area (Å²) in [6.07, 6.45) is 4.33. The van der Waals surface area contributed by atoms with Crippen molar-refractivity contribution >= 4 is 23.9 Å². The molecule has 8 nitrogen and oxygen atoms in total. The van der Waals surface area contributed by atoms with Crippen molar-refractivity contribution in [1.29, 1.82) is 0 Å². The molecule has 0 saturated heterocycles. The van der Waals surface area contributed by atoms with E-state index in [9.17, 15) is 39.6 Å². The van der Waals surface area contributed by atoms with Gasteiger partial charge in [0.15, 0.2) is 0 Å². The minimum Gasteiger partial charge on any atom is -0.481 e. The van der Waals surface area contributed by atoms with Crippen LogP contribution in [0.2, 0.25) is 0 Å². The van der Waals surface area contributed by atoms with Crippen molar-refractivity contribution in [2.45, 2.75) is 53.4 Å². The number of carbonyl (C=O) groups is 4. The van der Waals surface area contributed by atoms with E-state index in [1.165, 1.54) is 6.08 Å². The van der Waals surface area contributed by atoms with Crippen LogP contribution in [-0.2, 0) is 19.2 Å². The van der Waals surface area contributed by atoms with Crippen LogP contribution in [0.3, 0.4) is 0 Å². The average Bonchev–Trinajstić information content (AvgIpc) is 2.77. The third-order valence-corrected chi connectivity index (χ3v) is 9.11. The quantitative estimate of drug-likeness (QED) is 0.420. The Labute approximate surface area is 199 Å². The number of carboxylic acid groups (broad SMARTS) is 4. The van der Waals surface area contributed by atoms with Crippen molar-refractivity contribution in [3.05, 3.63) is 23.3 Å². The molecule has 0 aromatic heterocycles. The first kappa shape index (κ1) is 26.0. The van der Waals surface area contributed by atoms with E-state index >= 15 is 0 Å². The number of rotatable bonds is 6. The second kappa shape index (κ2) is 9.92. The molecule has 8 atom stereocenters. The van der Waals surface area contributed by atoms with Crippen LogP contribution in [0.1, 0.15) is 53.4 Å². The molecule has 34 heavy (non-hydrogen) atoms. The zero-order chi connectivity index (χ0) is 25.5. The van der Waals surface area contributed by atoms with Gasteiger partial charge in [0.05, 0.1) is 17.8 Å². The molecule has 8 unspecified atom stereocenters. The van der Waals surface area contributed by atoms with Gasteiger partial charge in [-0.2, -0.15) is 0 Å². The molecule has 0 spiro atoms. The van der Waals surface area contributed by atoms with Gasteiger partial charge in [0, 0.05) is 5.57 Å². The molecule has 0 amide bonds. The lowest BCUT2D eigenvalue weighted by atomic mass is 9.52. The normalized spacial score (nSPS) is 40.6. The third-order valence-electron chi connectivity index (χ3n) is 9.11. The number of hydrogen-bond donors (Lipinski definition) is 4. The first-order chi connectivity index (χ1) is 15.8. The van der Waals surface area contributed by atoms with Gasteiger partial charge in [0.1, 0.15) is 0 Å². The molecule has 3 aliphatic rings. The lowest BCUT2D eigenvalue weighted by Crippen LogP contribution is -2.47. The van der Waals surface area contributed by atoms with E-state index in [2.05, 4.69) is 27.7 Å². The Morgan fingerprint density at radius 1 is 0.706 bits per heavy atom. The van der Waals surface area contributed by atoms with Crippen LogP contribution < -0.4 is 0 Å². The van der Waals surface area contributed by atoms with E-state index in [4.69, 9.17) is 0 Å². The van der Waals surface area contributed by atoms with Crippen molar-refractivity contribution < 1.29 is 39.6 Å². The fourth-order valence-corrected chi connectivity index (χ4v) is 7.22. The third kappa shape index (κ3) is 4.91. The van der Waals surface area contributed by atoms with Gasteiger partial charge in [0.25, 0.3) is 0 Å². The van der Waals surface area contributed by atoms with Gasteiger partial charge in [-0.1, -0.05) is 45.4 Å². The summed E-state index contributed by atoms with van der Waals surface area (Å²) in [6, 6.07) is 0. The molecule has 1 saturated carbocycles. The highest BCUT2D eigenvalue weighted by Gasteiger charge is 2.49. The lowest BCUT2D eigenvalue weighted by molar-refractivity contribution is -0.146. The van der Waals surface area contributed by atoms with Gasteiger partial charge in [0.2, 0.25) is 0 Å². The standard InChI is InChI=1S/C26H36O8/c1-11-12(2)22(16-7-19(25(31)32)10-20(8-16)26(33)34)14(4)13(3)21(11)15-5-17(23(27)28)9-18(6-15)24(29)30/h5,10-14,16-19,21-22H,6-9H2,1-4H3,(H,27,28)(H,29,30)(H,31,32)(H,33,34). The Morgan fingerprint density at radius 3 is 1.71 bits per heavy atom. The minimum atomic E-state index is -1.07. The van der Waals surface area contributed by atoms with Gasteiger partial charge < -0.3 is 20.4 Å². The molecular weight excluding hydrogens is 440 g/mol. The molecular formula is C26H36O8. The van der Waals surface area contributed by atoms with E-state index in [0.717, 1.165) is 5.57 Å². The Kier molecular flexibility index (Phi) is 7.58. The van der Waals surface area contributed by atoms with Crippen molar-refractivity contribution in [2.75, 3.05) is 0 Å². The summed E-state index contributed by atoms with van der Waals surface area (Å²) in [5.41, 5.74) is 1.07. The van der Waals surface area contributed by atoms with Crippen molar-refractivity contribution in [2.24, 2.45) is 59.2 Å². The van der Waals surface area contributed by atoms with E-state index < -0.39 is 41.6 Å². The summed E-state index contributed by atoms with van der Waals surface area (Å²) in [5.74, 6) is -5.84. The molecule has 0 heterocycles. The van der Waals surface area contributed by atoms with Crippen LogP contribution in [0, 0.1) is 59.2 Å². The highest BCUT2D eigenvalue weighted by atomic mass is 16.4. The number of hydrogen-bond acceptors (Lipinski definition) is 4. The molecule has 0 radical (unpaired) electrons. The highest BCUT2D eigenvalue weighted by molar-refractivity contribution is 5.88. The second-order valence-electron chi connectivity index (χ2n) is 10.8. The molecule has 8 heteroatoms. The van der Waals surface area contributed by atoms with Gasteiger partial charge in [-0.25, -0.2) is 4.79 Å². The van der Waals surface area contributed by atoms with Crippen LogP contribution in [0.5, 0.6) is 0 Å². The summed E-state index contributed by atoms with van der Waals surface area (Å²) >= 11 is 0. The van der Waals surface area contributed by atoms with E-state index in [1.807, 2.05) is 0 Å².